The zero-order chi connectivity index (χ0) is 48.6. The van der Waals surface area contributed by atoms with Crippen molar-refractivity contribution in [3.63, 3.8) is 0 Å². The van der Waals surface area contributed by atoms with E-state index < -0.39 is 47.6 Å². The summed E-state index contributed by atoms with van der Waals surface area (Å²) in [7, 11) is 6.47. The lowest BCUT2D eigenvalue weighted by Gasteiger charge is -2.35. The van der Waals surface area contributed by atoms with Crippen molar-refractivity contribution in [1.82, 2.24) is 41.7 Å². The Morgan fingerprint density at radius 2 is 1.28 bits per heavy atom. The molecule has 1 aromatic carbocycles. The number of hydrogen-bond acceptors (Lipinski definition) is 8. The van der Waals surface area contributed by atoms with E-state index in [1.165, 1.54) is 6.42 Å². The molecule has 0 aromatic heterocycles. The van der Waals surface area contributed by atoms with Crippen LogP contribution in [0.25, 0.3) is 0 Å². The van der Waals surface area contributed by atoms with Crippen LogP contribution < -0.4 is 37.2 Å². The molecule has 1 unspecified atom stereocenters. The summed E-state index contributed by atoms with van der Waals surface area (Å²) >= 11 is 0. The molecule has 1 aliphatic heterocycles. The predicted molar refractivity (Wildman–Crippen MR) is 264 cm³/mol. The average Bonchev–Trinajstić information content (AvgIpc) is 3.62. The summed E-state index contributed by atoms with van der Waals surface area (Å²) in [6.07, 6.45) is 8.54. The van der Waals surface area contributed by atoms with Crippen LogP contribution in [0.4, 0.5) is 0 Å². The standard InChI is InChI=1S/C50H85N8O6P/c1-31(2)26-40(44(59)51-24-25-57(11)12)54-46(61)41(27-32(3)4)52-35(8)50(9,10)56-47(62)42(28-33(5)6)55-45(60)39(23-18-36-16-14-13-15-17-36)53-48(63)43-29-34(7)30-58(43)49(64)37-19-21-38(65)22-20-37/h19-22,31-34,36,39-43,52H,8,13-18,23-30,65H2,1-7,9-12H3,(H,51,59)(H,53,63)(H,54,61)(H,55,60)(H,56,62)/t34-,39-,40-,41-,42-,43-/m0/s1. The summed E-state index contributed by atoms with van der Waals surface area (Å²) in [5.41, 5.74) is -0.181. The third-order valence-electron chi connectivity index (χ3n) is 12.6. The predicted octanol–water partition coefficient (Wildman–Crippen LogP) is 5.04. The second-order valence-electron chi connectivity index (χ2n) is 21.0. The maximum Gasteiger partial charge on any atom is 0.254 e. The molecule has 65 heavy (non-hydrogen) atoms. The van der Waals surface area contributed by atoms with Crippen molar-refractivity contribution in [1.29, 1.82) is 0 Å². The molecule has 0 bridgehead atoms. The SMILES string of the molecule is C=C(N[C@@H](CC(C)C)C(=O)N[C@@H](CC(C)C)C(=O)NCCN(C)C)C(C)(C)NC(=O)[C@H](CC(C)C)NC(=O)[C@H](CCC1CCCCC1)NC(=O)[C@@H]1C[C@H](C)CN1C(=O)c1ccc(P)cc1. The average molecular weight is 925 g/mol. The maximum absolute atomic E-state index is 14.4. The van der Waals surface area contributed by atoms with Gasteiger partial charge in [-0.2, -0.15) is 0 Å². The zero-order valence-electron chi connectivity index (χ0n) is 41.6. The van der Waals surface area contributed by atoms with Crippen molar-refractivity contribution >= 4 is 50.0 Å². The van der Waals surface area contributed by atoms with E-state index in [-0.39, 0.29) is 47.3 Å². The van der Waals surface area contributed by atoms with E-state index in [2.05, 4.69) is 47.7 Å². The van der Waals surface area contributed by atoms with Gasteiger partial charge >= 0.3 is 0 Å². The van der Waals surface area contributed by atoms with Crippen LogP contribution in [0.5, 0.6) is 0 Å². The molecular weight excluding hydrogens is 840 g/mol. The van der Waals surface area contributed by atoms with E-state index in [0.29, 0.717) is 68.9 Å². The molecule has 0 spiro atoms. The van der Waals surface area contributed by atoms with Gasteiger partial charge in [-0.25, -0.2) is 0 Å². The molecule has 1 saturated heterocycles. The van der Waals surface area contributed by atoms with Crippen LogP contribution >= 0.6 is 9.24 Å². The largest absolute Gasteiger partial charge is 0.376 e. The van der Waals surface area contributed by atoms with Gasteiger partial charge in [0, 0.05) is 30.9 Å². The smallest absolute Gasteiger partial charge is 0.254 e. The van der Waals surface area contributed by atoms with Crippen LogP contribution in [0.1, 0.15) is 143 Å². The van der Waals surface area contributed by atoms with Crippen molar-refractivity contribution in [2.45, 2.75) is 169 Å². The van der Waals surface area contributed by atoms with Crippen molar-refractivity contribution in [2.75, 3.05) is 33.7 Å². The summed E-state index contributed by atoms with van der Waals surface area (Å²) in [6.45, 7) is 23.4. The van der Waals surface area contributed by atoms with Gasteiger partial charge < -0.3 is 41.7 Å². The Labute approximate surface area is 393 Å². The quantitative estimate of drug-likeness (QED) is 0.0739. The topological polar surface area (TPSA) is 181 Å². The van der Waals surface area contributed by atoms with E-state index >= 15 is 0 Å². The molecular formula is C50H85N8O6P. The van der Waals surface area contributed by atoms with E-state index in [0.717, 1.165) is 37.4 Å². The number of carbonyl (C=O) groups excluding carboxylic acids is 6. The lowest BCUT2D eigenvalue weighted by Crippen LogP contribution is -2.60. The van der Waals surface area contributed by atoms with E-state index in [4.69, 9.17) is 0 Å². The number of likely N-dealkylation sites (N-methyl/N-ethyl adjacent to an activating group) is 1. The fourth-order valence-electron chi connectivity index (χ4n) is 8.77. The number of likely N-dealkylation sites (tertiary alicyclic amines) is 1. The van der Waals surface area contributed by atoms with Gasteiger partial charge in [0.05, 0.1) is 5.54 Å². The lowest BCUT2D eigenvalue weighted by molar-refractivity contribution is -0.134. The zero-order valence-corrected chi connectivity index (χ0v) is 42.8. The first-order valence-electron chi connectivity index (χ1n) is 24.2. The fourth-order valence-corrected chi connectivity index (χ4v) is 8.96. The number of rotatable bonds is 25. The van der Waals surface area contributed by atoms with Crippen molar-refractivity contribution in [3.8, 4) is 0 Å². The number of nitrogens with one attached hydrogen (secondary N) is 6. The number of nitrogens with zero attached hydrogens (tertiary/aromatic N) is 2. The van der Waals surface area contributed by atoms with Crippen LogP contribution in [-0.4, -0.2) is 115 Å². The molecule has 1 aliphatic carbocycles. The summed E-state index contributed by atoms with van der Waals surface area (Å²) in [5.74, 6) is -1.19. The van der Waals surface area contributed by atoms with Crippen LogP contribution in [0.15, 0.2) is 36.5 Å². The van der Waals surface area contributed by atoms with Gasteiger partial charge in [-0.3, -0.25) is 28.8 Å². The first kappa shape index (κ1) is 55.3. The van der Waals surface area contributed by atoms with Crippen LogP contribution in [-0.2, 0) is 24.0 Å². The molecule has 2 fully saturated rings. The summed E-state index contributed by atoms with van der Waals surface area (Å²) < 4.78 is 0. The Kier molecular flexibility index (Phi) is 22.4. The van der Waals surface area contributed by atoms with Gasteiger partial charge in [0.15, 0.2) is 0 Å². The van der Waals surface area contributed by atoms with Gasteiger partial charge in [-0.15, -0.1) is 9.24 Å². The lowest BCUT2D eigenvalue weighted by atomic mass is 9.85. The molecule has 6 N–H and O–H groups in total. The third kappa shape index (κ3) is 18.6. The minimum atomic E-state index is -1.08. The number of hydrogen-bond donors (Lipinski definition) is 6. The number of amides is 6. The second-order valence-corrected chi connectivity index (χ2v) is 21.6. The first-order chi connectivity index (χ1) is 30.5. The molecule has 15 heteroatoms. The van der Waals surface area contributed by atoms with Gasteiger partial charge in [0.1, 0.15) is 30.2 Å². The van der Waals surface area contributed by atoms with E-state index in [9.17, 15) is 28.8 Å². The van der Waals surface area contributed by atoms with Gasteiger partial charge in [0.2, 0.25) is 29.5 Å². The molecule has 366 valence electrons. The van der Waals surface area contributed by atoms with E-state index in [1.54, 1.807) is 30.9 Å². The molecule has 2 aliphatic rings. The van der Waals surface area contributed by atoms with E-state index in [1.807, 2.05) is 79.6 Å². The van der Waals surface area contributed by atoms with Gasteiger partial charge in [0.25, 0.3) is 5.91 Å². The van der Waals surface area contributed by atoms with Gasteiger partial charge in [-0.1, -0.05) is 99.3 Å². The monoisotopic (exact) mass is 925 g/mol. The minimum Gasteiger partial charge on any atom is -0.376 e. The number of benzene rings is 1. The Bertz CT molecular complexity index is 1740. The summed E-state index contributed by atoms with van der Waals surface area (Å²) in [4.78, 5) is 87.4. The summed E-state index contributed by atoms with van der Waals surface area (Å²) in [5, 5.41) is 19.3. The minimum absolute atomic E-state index is 0.0312. The molecule has 3 rings (SSSR count). The Morgan fingerprint density at radius 3 is 1.82 bits per heavy atom. The first-order valence-corrected chi connectivity index (χ1v) is 24.8. The Hall–Kier alpha value is -4.03. The highest BCUT2D eigenvalue weighted by Crippen LogP contribution is 2.29. The van der Waals surface area contributed by atoms with Crippen LogP contribution in [0.2, 0.25) is 0 Å². The number of carbonyl (C=O) groups is 6. The summed E-state index contributed by atoms with van der Waals surface area (Å²) in [6, 6.07) is 3.16. The van der Waals surface area contributed by atoms with Crippen molar-refractivity contribution < 1.29 is 28.8 Å². The molecule has 6 amide bonds. The van der Waals surface area contributed by atoms with Crippen molar-refractivity contribution in [3.05, 3.63) is 42.1 Å². The molecule has 1 heterocycles. The van der Waals surface area contributed by atoms with Crippen LogP contribution in [0.3, 0.4) is 0 Å². The maximum atomic E-state index is 14.4. The fraction of sp³-hybridized carbons (Fsp3) is 0.720. The molecule has 0 radical (unpaired) electrons. The van der Waals surface area contributed by atoms with Gasteiger partial charge in [-0.05, 0) is 113 Å². The van der Waals surface area contributed by atoms with Crippen molar-refractivity contribution in [2.24, 2.45) is 29.6 Å². The highest BCUT2D eigenvalue weighted by molar-refractivity contribution is 7.27. The molecule has 1 saturated carbocycles. The Balaban J connectivity index is 1.79. The highest BCUT2D eigenvalue weighted by Gasteiger charge is 2.40. The molecule has 14 nitrogen and oxygen atoms in total. The molecule has 7 atom stereocenters. The van der Waals surface area contributed by atoms with Crippen LogP contribution in [0, 0.1) is 29.6 Å². The second kappa shape index (κ2) is 26.3. The third-order valence-corrected chi connectivity index (χ3v) is 12.9. The molecule has 1 aromatic rings. The normalized spacial score (nSPS) is 18.8. The Morgan fingerprint density at radius 1 is 0.754 bits per heavy atom. The highest BCUT2D eigenvalue weighted by atomic mass is 31.0.